The van der Waals surface area contributed by atoms with Crippen molar-refractivity contribution in [3.8, 4) is 0 Å². The molecule has 0 spiro atoms. The second-order valence-electron chi connectivity index (χ2n) is 6.15. The summed E-state index contributed by atoms with van der Waals surface area (Å²) >= 11 is 9.48. The van der Waals surface area contributed by atoms with Gasteiger partial charge in [-0.15, -0.1) is 0 Å². The summed E-state index contributed by atoms with van der Waals surface area (Å²) in [5.41, 5.74) is 1.62. The molecule has 1 heterocycles. The molecule has 2 atom stereocenters. The first-order valence-corrected chi connectivity index (χ1v) is 9.23. The fourth-order valence-electron chi connectivity index (χ4n) is 3.02. The third-order valence-corrected chi connectivity index (χ3v) is 5.27. The van der Waals surface area contributed by atoms with Crippen molar-refractivity contribution in [2.24, 2.45) is 5.92 Å². The van der Waals surface area contributed by atoms with E-state index < -0.39 is 0 Å². The summed E-state index contributed by atoms with van der Waals surface area (Å²) in [4.78, 5) is 26.7. The second-order valence-corrected chi connectivity index (χ2v) is 7.47. The number of halogens is 2. The van der Waals surface area contributed by atoms with E-state index >= 15 is 0 Å². The van der Waals surface area contributed by atoms with Crippen LogP contribution in [0.25, 0.3) is 0 Å². The second kappa shape index (κ2) is 7.58. The maximum Gasteiger partial charge on any atom is 0.229 e. The van der Waals surface area contributed by atoms with E-state index in [0.717, 1.165) is 10.0 Å². The predicted octanol–water partition coefficient (Wildman–Crippen LogP) is 4.65. The van der Waals surface area contributed by atoms with Gasteiger partial charge in [-0.1, -0.05) is 57.9 Å². The van der Waals surface area contributed by atoms with Crippen molar-refractivity contribution in [2.45, 2.75) is 19.4 Å². The van der Waals surface area contributed by atoms with Gasteiger partial charge < -0.3 is 10.2 Å². The third-order valence-electron chi connectivity index (χ3n) is 4.47. The highest BCUT2D eigenvalue weighted by Crippen LogP contribution is 2.30. The number of carbonyl (C=O) groups excluding carboxylic acids is 2. The molecule has 0 radical (unpaired) electrons. The highest BCUT2D eigenvalue weighted by Gasteiger charge is 2.37. The van der Waals surface area contributed by atoms with E-state index in [1.807, 2.05) is 43.3 Å². The number of likely N-dealkylation sites (tertiary alicyclic amines) is 1. The van der Waals surface area contributed by atoms with Crippen LogP contribution in [0.15, 0.2) is 53.0 Å². The fraction of sp³-hybridized carbons (Fsp3) is 0.263. The summed E-state index contributed by atoms with van der Waals surface area (Å²) in [6, 6.07) is 15.1. The van der Waals surface area contributed by atoms with Crippen molar-refractivity contribution >= 4 is 45.0 Å². The van der Waals surface area contributed by atoms with Gasteiger partial charge in [0.2, 0.25) is 11.8 Å². The van der Waals surface area contributed by atoms with E-state index in [1.54, 1.807) is 17.0 Å². The minimum absolute atomic E-state index is 0.00148. The van der Waals surface area contributed by atoms with Crippen LogP contribution in [-0.4, -0.2) is 23.3 Å². The number of hydrogen-bond donors (Lipinski definition) is 1. The van der Waals surface area contributed by atoms with Crippen molar-refractivity contribution in [3.05, 3.63) is 63.6 Å². The molecule has 2 amide bonds. The van der Waals surface area contributed by atoms with Crippen LogP contribution in [0.2, 0.25) is 5.02 Å². The number of amides is 2. The Hall–Kier alpha value is -1.85. The number of rotatable bonds is 4. The maximum atomic E-state index is 12.5. The number of benzene rings is 2. The number of nitrogens with zero attached hydrogens (tertiary/aromatic N) is 1. The first-order chi connectivity index (χ1) is 12.0. The van der Waals surface area contributed by atoms with Gasteiger partial charge in [0.15, 0.2) is 0 Å². The summed E-state index contributed by atoms with van der Waals surface area (Å²) in [5.74, 6) is -0.558. The van der Waals surface area contributed by atoms with Crippen molar-refractivity contribution in [1.29, 1.82) is 0 Å². The number of carbonyl (C=O) groups is 2. The Labute approximate surface area is 160 Å². The molecule has 1 aliphatic heterocycles. The first kappa shape index (κ1) is 18.0. The molecule has 0 aromatic heterocycles. The van der Waals surface area contributed by atoms with Gasteiger partial charge in [-0.2, -0.15) is 0 Å². The molecule has 0 aliphatic carbocycles. The SMILES string of the molecule is C[C@H](c1ccccc1)N1C[C@@H](C(=O)Nc2ccc(Br)cc2Cl)CC1=O. The third kappa shape index (κ3) is 4.05. The summed E-state index contributed by atoms with van der Waals surface area (Å²) in [7, 11) is 0. The lowest BCUT2D eigenvalue weighted by atomic mass is 10.1. The van der Waals surface area contributed by atoms with Crippen molar-refractivity contribution < 1.29 is 9.59 Å². The highest BCUT2D eigenvalue weighted by molar-refractivity contribution is 9.10. The lowest BCUT2D eigenvalue weighted by molar-refractivity contribution is -0.129. The van der Waals surface area contributed by atoms with Crippen LogP contribution in [-0.2, 0) is 9.59 Å². The highest BCUT2D eigenvalue weighted by atomic mass is 79.9. The summed E-state index contributed by atoms with van der Waals surface area (Å²) < 4.78 is 0.842. The van der Waals surface area contributed by atoms with Crippen LogP contribution in [0, 0.1) is 5.92 Å². The number of anilines is 1. The van der Waals surface area contributed by atoms with Crippen LogP contribution >= 0.6 is 27.5 Å². The Balaban J connectivity index is 1.68. The summed E-state index contributed by atoms with van der Waals surface area (Å²) in [5, 5.41) is 3.29. The van der Waals surface area contributed by atoms with E-state index in [0.29, 0.717) is 17.3 Å². The monoisotopic (exact) mass is 420 g/mol. The molecule has 2 aromatic carbocycles. The molecule has 1 N–H and O–H groups in total. The molecule has 1 fully saturated rings. The average Bonchev–Trinajstić information content (AvgIpc) is 2.99. The van der Waals surface area contributed by atoms with Gasteiger partial charge in [-0.3, -0.25) is 9.59 Å². The largest absolute Gasteiger partial charge is 0.335 e. The fourth-order valence-corrected chi connectivity index (χ4v) is 3.74. The van der Waals surface area contributed by atoms with Gasteiger partial charge in [0.25, 0.3) is 0 Å². The summed E-state index contributed by atoms with van der Waals surface area (Å²) in [6.45, 7) is 2.40. The van der Waals surface area contributed by atoms with E-state index in [-0.39, 0.29) is 30.2 Å². The molecule has 0 saturated carbocycles. The molecule has 6 heteroatoms. The normalized spacial score (nSPS) is 18.3. The zero-order chi connectivity index (χ0) is 18.0. The molecule has 0 unspecified atom stereocenters. The molecule has 1 saturated heterocycles. The van der Waals surface area contributed by atoms with Crippen molar-refractivity contribution in [3.63, 3.8) is 0 Å². The number of hydrogen-bond acceptors (Lipinski definition) is 2. The lowest BCUT2D eigenvalue weighted by Gasteiger charge is -2.25. The van der Waals surface area contributed by atoms with Crippen LogP contribution in [0.5, 0.6) is 0 Å². The Morgan fingerprint density at radius 3 is 2.68 bits per heavy atom. The van der Waals surface area contributed by atoms with Crippen LogP contribution in [0.3, 0.4) is 0 Å². The molecule has 1 aliphatic rings. The van der Waals surface area contributed by atoms with E-state index in [9.17, 15) is 9.59 Å². The average molecular weight is 422 g/mol. The lowest BCUT2D eigenvalue weighted by Crippen LogP contribution is -2.30. The maximum absolute atomic E-state index is 12.5. The quantitative estimate of drug-likeness (QED) is 0.781. The Bertz CT molecular complexity index is 797. The molecule has 3 rings (SSSR count). The zero-order valence-electron chi connectivity index (χ0n) is 13.7. The van der Waals surface area contributed by atoms with Gasteiger partial charge in [-0.25, -0.2) is 0 Å². The van der Waals surface area contributed by atoms with Gasteiger partial charge in [0.1, 0.15) is 0 Å². The van der Waals surface area contributed by atoms with Crippen molar-refractivity contribution in [1.82, 2.24) is 4.90 Å². The molecule has 130 valence electrons. The first-order valence-electron chi connectivity index (χ1n) is 8.06. The molecule has 4 nitrogen and oxygen atoms in total. The minimum atomic E-state index is -0.377. The van der Waals surface area contributed by atoms with E-state index in [2.05, 4.69) is 21.2 Å². The summed E-state index contributed by atoms with van der Waals surface area (Å²) in [6.07, 6.45) is 0.219. The standard InChI is InChI=1S/C19H18BrClN2O2/c1-12(13-5-3-2-4-6-13)23-11-14(9-18(23)24)19(25)22-17-8-7-15(20)10-16(17)21/h2-8,10,12,14H,9,11H2,1H3,(H,22,25)/t12-,14+/m1/s1. The molecule has 25 heavy (non-hydrogen) atoms. The van der Waals surface area contributed by atoms with E-state index in [4.69, 9.17) is 11.6 Å². The van der Waals surface area contributed by atoms with Gasteiger partial charge >= 0.3 is 0 Å². The minimum Gasteiger partial charge on any atom is -0.335 e. The molecular weight excluding hydrogens is 404 g/mol. The van der Waals surface area contributed by atoms with E-state index in [1.165, 1.54) is 0 Å². The Morgan fingerprint density at radius 1 is 1.28 bits per heavy atom. The van der Waals surface area contributed by atoms with Crippen LogP contribution in [0.4, 0.5) is 5.69 Å². The van der Waals surface area contributed by atoms with Gasteiger partial charge in [-0.05, 0) is 30.7 Å². The Kier molecular flexibility index (Phi) is 5.45. The topological polar surface area (TPSA) is 49.4 Å². The zero-order valence-corrected chi connectivity index (χ0v) is 16.0. The van der Waals surface area contributed by atoms with Crippen LogP contribution < -0.4 is 5.32 Å². The van der Waals surface area contributed by atoms with Gasteiger partial charge in [0, 0.05) is 17.4 Å². The van der Waals surface area contributed by atoms with Crippen LogP contribution in [0.1, 0.15) is 24.9 Å². The molecule has 2 aromatic rings. The van der Waals surface area contributed by atoms with Crippen molar-refractivity contribution in [2.75, 3.05) is 11.9 Å². The Morgan fingerprint density at radius 2 is 2.00 bits per heavy atom. The number of nitrogens with one attached hydrogen (secondary N) is 1. The molecule has 0 bridgehead atoms. The van der Waals surface area contributed by atoms with Gasteiger partial charge in [0.05, 0.1) is 22.7 Å². The predicted molar refractivity (Wildman–Crippen MR) is 102 cm³/mol. The smallest absolute Gasteiger partial charge is 0.229 e. The molecular formula is C19H18BrClN2O2.